The van der Waals surface area contributed by atoms with E-state index in [0.717, 1.165) is 5.56 Å². The molecular formula is C16H11Cl2NO. The Bertz CT molecular complexity index is 684. The first-order chi connectivity index (χ1) is 9.56. The van der Waals surface area contributed by atoms with Gasteiger partial charge >= 0.3 is 0 Å². The van der Waals surface area contributed by atoms with Crippen LogP contribution < -0.4 is 0 Å². The van der Waals surface area contributed by atoms with Gasteiger partial charge in [-0.15, -0.1) is 0 Å². The van der Waals surface area contributed by atoms with Crippen molar-refractivity contribution in [1.82, 2.24) is 0 Å². The van der Waals surface area contributed by atoms with Crippen LogP contribution in [0.4, 0.5) is 0 Å². The van der Waals surface area contributed by atoms with Gasteiger partial charge in [-0.05, 0) is 24.6 Å². The minimum atomic E-state index is -1.00. The molecule has 0 amide bonds. The molecule has 100 valence electrons. The molecule has 2 nitrogen and oxygen atoms in total. The van der Waals surface area contributed by atoms with Crippen molar-refractivity contribution in [3.63, 3.8) is 0 Å². The molecule has 1 unspecified atom stereocenters. The molecule has 0 aliphatic carbocycles. The fraction of sp³-hybridized carbons (Fsp3) is 0.125. The fourth-order valence-corrected chi connectivity index (χ4v) is 2.66. The van der Waals surface area contributed by atoms with E-state index in [2.05, 4.69) is 0 Å². The summed E-state index contributed by atoms with van der Waals surface area (Å²) in [5.41, 5.74) is 1.70. The van der Waals surface area contributed by atoms with Crippen LogP contribution in [0.1, 0.15) is 27.4 Å². The summed E-state index contributed by atoms with van der Waals surface area (Å²) in [5, 5.41) is 10.0. The standard InChI is InChI=1S/C16H11Cl2NO/c1-10-5-2-3-6-11(10)16(20)12(9-19)15-13(17)7-4-8-14(15)18/h2-8,12H,1H3. The van der Waals surface area contributed by atoms with E-state index in [-0.39, 0.29) is 5.78 Å². The Morgan fingerprint density at radius 1 is 1.10 bits per heavy atom. The van der Waals surface area contributed by atoms with Gasteiger partial charge in [-0.2, -0.15) is 5.26 Å². The molecule has 2 aromatic carbocycles. The average molecular weight is 304 g/mol. The van der Waals surface area contributed by atoms with Crippen LogP contribution in [-0.2, 0) is 0 Å². The smallest absolute Gasteiger partial charge is 0.184 e. The van der Waals surface area contributed by atoms with Crippen molar-refractivity contribution in [2.75, 3.05) is 0 Å². The topological polar surface area (TPSA) is 40.9 Å². The number of nitriles is 1. The molecule has 0 saturated heterocycles. The molecule has 4 heteroatoms. The molecule has 0 aliphatic heterocycles. The molecule has 2 aromatic rings. The number of benzene rings is 2. The quantitative estimate of drug-likeness (QED) is 0.765. The van der Waals surface area contributed by atoms with Gasteiger partial charge in [-0.25, -0.2) is 0 Å². The third kappa shape index (κ3) is 2.70. The van der Waals surface area contributed by atoms with Crippen molar-refractivity contribution in [3.8, 4) is 6.07 Å². The monoisotopic (exact) mass is 303 g/mol. The van der Waals surface area contributed by atoms with E-state index in [1.165, 1.54) is 0 Å². The van der Waals surface area contributed by atoms with Crippen LogP contribution in [0.2, 0.25) is 10.0 Å². The van der Waals surface area contributed by atoms with Crippen LogP contribution in [-0.4, -0.2) is 5.78 Å². The van der Waals surface area contributed by atoms with Crippen molar-refractivity contribution in [2.24, 2.45) is 0 Å². The Balaban J connectivity index is 2.52. The molecule has 0 spiro atoms. The lowest BCUT2D eigenvalue weighted by molar-refractivity contribution is 0.0978. The van der Waals surface area contributed by atoms with Crippen molar-refractivity contribution < 1.29 is 4.79 Å². The normalized spacial score (nSPS) is 11.7. The molecule has 0 aromatic heterocycles. The largest absolute Gasteiger partial charge is 0.292 e. The summed E-state index contributed by atoms with van der Waals surface area (Å²) in [6.45, 7) is 1.83. The van der Waals surface area contributed by atoms with E-state index >= 15 is 0 Å². The van der Waals surface area contributed by atoms with E-state index < -0.39 is 5.92 Å². The minimum Gasteiger partial charge on any atom is -0.292 e. The zero-order valence-corrected chi connectivity index (χ0v) is 12.2. The number of ketones is 1. The van der Waals surface area contributed by atoms with Gasteiger partial charge in [-0.3, -0.25) is 4.79 Å². The highest BCUT2D eigenvalue weighted by molar-refractivity contribution is 6.36. The van der Waals surface area contributed by atoms with Gasteiger partial charge < -0.3 is 0 Å². The maximum Gasteiger partial charge on any atom is 0.184 e. The summed E-state index contributed by atoms with van der Waals surface area (Å²) < 4.78 is 0. The molecule has 0 aliphatic rings. The number of rotatable bonds is 3. The molecule has 0 saturated carbocycles. The Kier molecular flexibility index (Phi) is 4.44. The fourth-order valence-electron chi connectivity index (χ4n) is 2.05. The first kappa shape index (κ1) is 14.6. The number of carbonyl (C=O) groups is 1. The predicted octanol–water partition coefficient (Wildman–Crippen LogP) is 4.79. The molecule has 0 radical (unpaired) electrons. The van der Waals surface area contributed by atoms with Crippen LogP contribution in [0.15, 0.2) is 42.5 Å². The lowest BCUT2D eigenvalue weighted by Gasteiger charge is -2.13. The van der Waals surface area contributed by atoms with Gasteiger partial charge in [0.25, 0.3) is 0 Å². The number of halogens is 2. The molecule has 0 N–H and O–H groups in total. The van der Waals surface area contributed by atoms with Crippen molar-refractivity contribution in [3.05, 3.63) is 69.2 Å². The maximum atomic E-state index is 12.6. The highest BCUT2D eigenvalue weighted by Gasteiger charge is 2.26. The molecule has 0 fully saturated rings. The number of carbonyl (C=O) groups excluding carboxylic acids is 1. The summed E-state index contributed by atoms with van der Waals surface area (Å²) in [7, 11) is 0. The molecule has 2 rings (SSSR count). The van der Waals surface area contributed by atoms with Gasteiger partial charge in [0.1, 0.15) is 5.92 Å². The lowest BCUT2D eigenvalue weighted by atomic mass is 9.90. The second-order valence-electron chi connectivity index (χ2n) is 4.38. The van der Waals surface area contributed by atoms with E-state index in [1.54, 1.807) is 30.3 Å². The molecule has 0 bridgehead atoms. The maximum absolute atomic E-state index is 12.6. The SMILES string of the molecule is Cc1ccccc1C(=O)C(C#N)c1c(Cl)cccc1Cl. The summed E-state index contributed by atoms with van der Waals surface area (Å²) in [6, 6.07) is 14.1. The van der Waals surface area contributed by atoms with Crippen LogP contribution >= 0.6 is 23.2 Å². The summed E-state index contributed by atoms with van der Waals surface area (Å²) in [5.74, 6) is -1.29. The summed E-state index contributed by atoms with van der Waals surface area (Å²) >= 11 is 12.2. The lowest BCUT2D eigenvalue weighted by Crippen LogP contribution is -2.13. The van der Waals surface area contributed by atoms with Gasteiger partial charge in [0.2, 0.25) is 0 Å². The summed E-state index contributed by atoms with van der Waals surface area (Å²) in [4.78, 5) is 12.6. The van der Waals surface area contributed by atoms with E-state index in [4.69, 9.17) is 23.2 Å². The highest BCUT2D eigenvalue weighted by Crippen LogP contribution is 2.33. The number of hydrogen-bond donors (Lipinski definition) is 0. The highest BCUT2D eigenvalue weighted by atomic mass is 35.5. The molecular weight excluding hydrogens is 293 g/mol. The van der Waals surface area contributed by atoms with Crippen molar-refractivity contribution in [1.29, 1.82) is 5.26 Å². The van der Waals surface area contributed by atoms with Crippen LogP contribution in [0.25, 0.3) is 0 Å². The molecule has 1 atom stereocenters. The third-order valence-electron chi connectivity index (χ3n) is 3.09. The van der Waals surface area contributed by atoms with Gasteiger partial charge in [0, 0.05) is 21.2 Å². The third-order valence-corrected chi connectivity index (χ3v) is 3.75. The Labute approximate surface area is 127 Å². The van der Waals surface area contributed by atoms with Gasteiger partial charge in [0.15, 0.2) is 5.78 Å². The van der Waals surface area contributed by atoms with Gasteiger partial charge in [-0.1, -0.05) is 53.5 Å². The zero-order valence-electron chi connectivity index (χ0n) is 10.7. The van der Waals surface area contributed by atoms with Gasteiger partial charge in [0.05, 0.1) is 6.07 Å². The second kappa shape index (κ2) is 6.09. The van der Waals surface area contributed by atoms with E-state index in [0.29, 0.717) is 21.2 Å². The summed E-state index contributed by atoms with van der Waals surface area (Å²) in [6.07, 6.45) is 0. The van der Waals surface area contributed by atoms with Crippen LogP contribution in [0, 0.1) is 18.3 Å². The van der Waals surface area contributed by atoms with Crippen LogP contribution in [0.5, 0.6) is 0 Å². The molecule has 20 heavy (non-hydrogen) atoms. The minimum absolute atomic E-state index is 0.291. The van der Waals surface area contributed by atoms with Crippen molar-refractivity contribution >= 4 is 29.0 Å². The van der Waals surface area contributed by atoms with Crippen molar-refractivity contribution in [2.45, 2.75) is 12.8 Å². The van der Waals surface area contributed by atoms with E-state index in [9.17, 15) is 10.1 Å². The second-order valence-corrected chi connectivity index (χ2v) is 5.19. The average Bonchev–Trinajstić information content (AvgIpc) is 2.43. The predicted molar refractivity (Wildman–Crippen MR) is 80.3 cm³/mol. The Morgan fingerprint density at radius 3 is 2.25 bits per heavy atom. The molecule has 0 heterocycles. The zero-order chi connectivity index (χ0) is 14.7. The number of Topliss-reactive ketones (excluding diaryl/α,β-unsaturated/α-hetero) is 1. The van der Waals surface area contributed by atoms with E-state index in [1.807, 2.05) is 25.1 Å². The Hall–Kier alpha value is -1.82. The Morgan fingerprint density at radius 2 is 1.70 bits per heavy atom. The van der Waals surface area contributed by atoms with Crippen LogP contribution in [0.3, 0.4) is 0 Å². The first-order valence-corrected chi connectivity index (χ1v) is 6.75. The number of aryl methyl sites for hydroxylation is 1. The first-order valence-electron chi connectivity index (χ1n) is 5.99. The number of hydrogen-bond acceptors (Lipinski definition) is 2. The number of nitrogens with zero attached hydrogens (tertiary/aromatic N) is 1.